The maximum Gasteiger partial charge on any atom is 0.122 e. The van der Waals surface area contributed by atoms with Gasteiger partial charge in [-0.1, -0.05) is 34.1 Å². The lowest BCUT2D eigenvalue weighted by Crippen LogP contribution is -2.33. The normalized spacial score (nSPS) is 17.8. The molecule has 1 aromatic rings. The maximum atomic E-state index is 5.72. The molecule has 2 rings (SSSR count). The van der Waals surface area contributed by atoms with Crippen molar-refractivity contribution < 1.29 is 9.47 Å². The molecule has 4 heteroatoms. The third-order valence-corrected chi connectivity index (χ3v) is 3.64. The van der Waals surface area contributed by atoms with Gasteiger partial charge in [0.2, 0.25) is 0 Å². The number of benzene rings is 1. The number of rotatable bonds is 7. The van der Waals surface area contributed by atoms with Crippen LogP contribution in [0.15, 0.2) is 24.3 Å². The molecular formula is C14H20BrNO2. The molecule has 0 radical (unpaired) electrons. The molecule has 3 nitrogen and oxygen atoms in total. The molecule has 1 unspecified atom stereocenters. The largest absolute Gasteiger partial charge is 0.493 e. The summed E-state index contributed by atoms with van der Waals surface area (Å²) in [5.74, 6) is 1.53. The van der Waals surface area contributed by atoms with Gasteiger partial charge in [0.25, 0.3) is 0 Å². The van der Waals surface area contributed by atoms with E-state index in [2.05, 4.69) is 39.0 Å². The summed E-state index contributed by atoms with van der Waals surface area (Å²) in [4.78, 5) is 2.42. The van der Waals surface area contributed by atoms with Crippen LogP contribution in [0, 0.1) is 0 Å². The first-order chi connectivity index (χ1) is 8.85. The van der Waals surface area contributed by atoms with Crippen molar-refractivity contribution >= 4 is 15.9 Å². The molecule has 0 N–H and O–H groups in total. The number of hydrogen-bond donors (Lipinski definition) is 0. The standard InChI is InChI=1S/C14H20BrNO2/c1-17-9-8-16(7-6-15)10-12-11-18-14-5-3-2-4-13(12)14/h2-5,12H,6-11H2,1H3. The molecule has 0 amide bonds. The monoisotopic (exact) mass is 313 g/mol. The summed E-state index contributed by atoms with van der Waals surface area (Å²) >= 11 is 3.51. The van der Waals surface area contributed by atoms with Crippen molar-refractivity contribution in [3.8, 4) is 5.75 Å². The number of hydrogen-bond acceptors (Lipinski definition) is 3. The summed E-state index contributed by atoms with van der Waals surface area (Å²) in [6.07, 6.45) is 0. The van der Waals surface area contributed by atoms with Crippen LogP contribution in [0.25, 0.3) is 0 Å². The second-order valence-electron chi connectivity index (χ2n) is 4.53. The third kappa shape index (κ3) is 3.46. The van der Waals surface area contributed by atoms with Gasteiger partial charge in [-0.2, -0.15) is 0 Å². The fourth-order valence-electron chi connectivity index (χ4n) is 2.33. The Morgan fingerprint density at radius 2 is 2.22 bits per heavy atom. The van der Waals surface area contributed by atoms with Gasteiger partial charge >= 0.3 is 0 Å². The van der Waals surface area contributed by atoms with Gasteiger partial charge in [0.15, 0.2) is 0 Å². The van der Waals surface area contributed by atoms with E-state index in [1.54, 1.807) is 7.11 Å². The minimum atomic E-state index is 0.483. The highest BCUT2D eigenvalue weighted by molar-refractivity contribution is 9.09. The topological polar surface area (TPSA) is 21.7 Å². The van der Waals surface area contributed by atoms with Crippen LogP contribution < -0.4 is 4.74 Å². The first-order valence-electron chi connectivity index (χ1n) is 6.34. The highest BCUT2D eigenvalue weighted by atomic mass is 79.9. The van der Waals surface area contributed by atoms with Gasteiger partial charge in [-0.3, -0.25) is 4.90 Å². The number of nitrogens with zero attached hydrogens (tertiary/aromatic N) is 1. The van der Waals surface area contributed by atoms with Crippen molar-refractivity contribution in [1.82, 2.24) is 4.90 Å². The Morgan fingerprint density at radius 1 is 1.39 bits per heavy atom. The van der Waals surface area contributed by atoms with E-state index in [4.69, 9.17) is 9.47 Å². The van der Waals surface area contributed by atoms with Crippen molar-refractivity contribution in [3.05, 3.63) is 29.8 Å². The van der Waals surface area contributed by atoms with E-state index in [-0.39, 0.29) is 0 Å². The van der Waals surface area contributed by atoms with Crippen LogP contribution in [0.3, 0.4) is 0 Å². The summed E-state index contributed by atoms with van der Waals surface area (Å²) in [7, 11) is 1.75. The Bertz CT molecular complexity index is 373. The van der Waals surface area contributed by atoms with Gasteiger partial charge in [0.05, 0.1) is 13.2 Å². The lowest BCUT2D eigenvalue weighted by molar-refractivity contribution is 0.145. The van der Waals surface area contributed by atoms with Gasteiger partial charge in [-0.25, -0.2) is 0 Å². The summed E-state index contributed by atoms with van der Waals surface area (Å²) in [6, 6.07) is 8.35. The zero-order chi connectivity index (χ0) is 12.8. The van der Waals surface area contributed by atoms with Crippen molar-refractivity contribution in [1.29, 1.82) is 0 Å². The molecule has 1 atom stereocenters. The predicted molar refractivity (Wildman–Crippen MR) is 76.8 cm³/mol. The minimum absolute atomic E-state index is 0.483. The Labute approximate surface area is 117 Å². The van der Waals surface area contributed by atoms with Crippen LogP contribution in [0.4, 0.5) is 0 Å². The van der Waals surface area contributed by atoms with Gasteiger partial charge in [-0.15, -0.1) is 0 Å². The maximum absolute atomic E-state index is 5.72. The molecule has 1 aliphatic rings. The first kappa shape index (κ1) is 13.8. The number of fused-ring (bicyclic) bond motifs is 1. The van der Waals surface area contributed by atoms with E-state index in [0.717, 1.165) is 43.9 Å². The fraction of sp³-hybridized carbons (Fsp3) is 0.571. The molecule has 1 aromatic carbocycles. The Hall–Kier alpha value is -0.580. The Morgan fingerprint density at radius 3 is 3.00 bits per heavy atom. The zero-order valence-corrected chi connectivity index (χ0v) is 12.4. The highest BCUT2D eigenvalue weighted by Crippen LogP contribution is 2.33. The number of alkyl halides is 1. The van der Waals surface area contributed by atoms with Gasteiger partial charge in [0.1, 0.15) is 5.75 Å². The van der Waals surface area contributed by atoms with Crippen LogP contribution in [-0.2, 0) is 4.74 Å². The van der Waals surface area contributed by atoms with Crippen LogP contribution in [0.2, 0.25) is 0 Å². The Kier molecular flexibility index (Phi) is 5.47. The van der Waals surface area contributed by atoms with Crippen LogP contribution in [0.5, 0.6) is 5.75 Å². The minimum Gasteiger partial charge on any atom is -0.493 e. The molecule has 0 spiro atoms. The molecule has 0 saturated carbocycles. The molecule has 18 heavy (non-hydrogen) atoms. The van der Waals surface area contributed by atoms with Gasteiger partial charge in [-0.05, 0) is 6.07 Å². The summed E-state index contributed by atoms with van der Waals surface area (Å²) in [5.41, 5.74) is 1.34. The van der Waals surface area contributed by atoms with Crippen LogP contribution in [0.1, 0.15) is 11.5 Å². The summed E-state index contributed by atoms with van der Waals surface area (Å²) in [6.45, 7) is 4.63. The van der Waals surface area contributed by atoms with E-state index >= 15 is 0 Å². The SMILES string of the molecule is COCCN(CCBr)CC1COc2ccccc21. The van der Waals surface area contributed by atoms with Crippen molar-refractivity contribution in [2.45, 2.75) is 5.92 Å². The smallest absolute Gasteiger partial charge is 0.122 e. The summed E-state index contributed by atoms with van der Waals surface area (Å²) < 4.78 is 10.9. The van der Waals surface area contributed by atoms with E-state index < -0.39 is 0 Å². The van der Waals surface area contributed by atoms with Crippen LogP contribution >= 0.6 is 15.9 Å². The molecule has 100 valence electrons. The predicted octanol–water partition coefficient (Wildman–Crippen LogP) is 2.51. The lowest BCUT2D eigenvalue weighted by atomic mass is 10.0. The highest BCUT2D eigenvalue weighted by Gasteiger charge is 2.25. The second kappa shape index (κ2) is 7.12. The molecule has 1 heterocycles. The van der Waals surface area contributed by atoms with Gasteiger partial charge < -0.3 is 9.47 Å². The summed E-state index contributed by atoms with van der Waals surface area (Å²) in [5, 5.41) is 0.992. The van der Waals surface area contributed by atoms with Crippen molar-refractivity contribution in [2.75, 3.05) is 45.3 Å². The average molecular weight is 314 g/mol. The number of methoxy groups -OCH3 is 1. The average Bonchev–Trinajstić information content (AvgIpc) is 2.80. The number of ether oxygens (including phenoxy) is 2. The molecule has 0 aliphatic carbocycles. The molecule has 0 bridgehead atoms. The lowest BCUT2D eigenvalue weighted by Gasteiger charge is -2.23. The number of para-hydroxylation sites is 1. The van der Waals surface area contributed by atoms with E-state index in [9.17, 15) is 0 Å². The zero-order valence-electron chi connectivity index (χ0n) is 10.8. The molecule has 0 saturated heterocycles. The van der Waals surface area contributed by atoms with E-state index in [1.165, 1.54) is 5.56 Å². The van der Waals surface area contributed by atoms with E-state index in [0.29, 0.717) is 5.92 Å². The molecule has 1 aliphatic heterocycles. The molecular weight excluding hydrogens is 294 g/mol. The second-order valence-corrected chi connectivity index (χ2v) is 5.32. The quantitative estimate of drug-likeness (QED) is 0.722. The molecule has 0 aromatic heterocycles. The van der Waals surface area contributed by atoms with E-state index in [1.807, 2.05) is 6.07 Å². The molecule has 0 fully saturated rings. The Balaban J connectivity index is 1.95. The fourth-order valence-corrected chi connectivity index (χ4v) is 2.83. The number of halogens is 1. The third-order valence-electron chi connectivity index (χ3n) is 3.29. The first-order valence-corrected chi connectivity index (χ1v) is 7.46. The van der Waals surface area contributed by atoms with Crippen molar-refractivity contribution in [3.63, 3.8) is 0 Å². The van der Waals surface area contributed by atoms with Crippen LogP contribution in [-0.4, -0.2) is 50.2 Å². The van der Waals surface area contributed by atoms with Gasteiger partial charge in [0, 0.05) is 43.6 Å². The van der Waals surface area contributed by atoms with Crippen molar-refractivity contribution in [2.24, 2.45) is 0 Å².